The minimum Gasteiger partial charge on any atom is -0.302 e. The number of benzene rings is 2. The Morgan fingerprint density at radius 2 is 1.79 bits per heavy atom. The van der Waals surface area contributed by atoms with Gasteiger partial charge in [-0.15, -0.1) is 0 Å². The molecular formula is C17H14N2. The molecule has 2 aromatic carbocycles. The molecule has 1 atom stereocenters. The average Bonchev–Trinajstić information content (AvgIpc) is 2.90. The molecule has 2 nitrogen and oxygen atoms in total. The first-order valence-electron chi connectivity index (χ1n) is 6.58. The average molecular weight is 246 g/mol. The van der Waals surface area contributed by atoms with Crippen molar-refractivity contribution in [2.45, 2.75) is 12.6 Å². The standard InChI is InChI=1S/C17H14N2/c1-2-6-13-12(5-1)11-19-17(13)15-7-3-9-16-14(15)8-4-10-18-16/h1-10,17,19H,11H2. The van der Waals surface area contributed by atoms with E-state index >= 15 is 0 Å². The maximum atomic E-state index is 4.44. The molecule has 0 radical (unpaired) electrons. The number of pyridine rings is 1. The highest BCUT2D eigenvalue weighted by Crippen LogP contribution is 2.33. The van der Waals surface area contributed by atoms with Gasteiger partial charge in [0.2, 0.25) is 0 Å². The summed E-state index contributed by atoms with van der Waals surface area (Å²) in [7, 11) is 0. The molecule has 1 unspecified atom stereocenters. The zero-order valence-corrected chi connectivity index (χ0v) is 10.5. The molecule has 0 saturated heterocycles. The van der Waals surface area contributed by atoms with E-state index in [9.17, 15) is 0 Å². The highest BCUT2D eigenvalue weighted by Gasteiger charge is 2.23. The van der Waals surface area contributed by atoms with Gasteiger partial charge in [-0.1, -0.05) is 42.5 Å². The first-order valence-corrected chi connectivity index (χ1v) is 6.58. The molecule has 3 aromatic rings. The van der Waals surface area contributed by atoms with Gasteiger partial charge in [-0.25, -0.2) is 0 Å². The Hall–Kier alpha value is -2.19. The van der Waals surface area contributed by atoms with E-state index in [2.05, 4.69) is 58.8 Å². The van der Waals surface area contributed by atoms with Crippen LogP contribution in [0, 0.1) is 0 Å². The molecule has 2 heteroatoms. The second-order valence-electron chi connectivity index (χ2n) is 4.93. The van der Waals surface area contributed by atoms with Crippen molar-refractivity contribution in [3.8, 4) is 0 Å². The van der Waals surface area contributed by atoms with Crippen LogP contribution >= 0.6 is 0 Å². The molecule has 0 fully saturated rings. The van der Waals surface area contributed by atoms with Gasteiger partial charge < -0.3 is 5.32 Å². The zero-order chi connectivity index (χ0) is 12.7. The highest BCUT2D eigenvalue weighted by molar-refractivity contribution is 5.83. The summed E-state index contributed by atoms with van der Waals surface area (Å²) >= 11 is 0. The lowest BCUT2D eigenvalue weighted by atomic mass is 9.95. The van der Waals surface area contributed by atoms with E-state index < -0.39 is 0 Å². The molecule has 0 spiro atoms. The fraction of sp³-hybridized carbons (Fsp3) is 0.118. The van der Waals surface area contributed by atoms with Crippen LogP contribution in [0.1, 0.15) is 22.7 Å². The summed E-state index contributed by atoms with van der Waals surface area (Å²) < 4.78 is 0. The number of hydrogen-bond donors (Lipinski definition) is 1. The number of hydrogen-bond acceptors (Lipinski definition) is 2. The summed E-state index contributed by atoms with van der Waals surface area (Å²) in [5, 5.41) is 4.84. The van der Waals surface area contributed by atoms with Gasteiger partial charge in [-0.05, 0) is 28.8 Å². The molecule has 1 aliphatic heterocycles. The van der Waals surface area contributed by atoms with E-state index in [1.54, 1.807) is 0 Å². The summed E-state index contributed by atoms with van der Waals surface area (Å²) in [4.78, 5) is 4.44. The number of rotatable bonds is 1. The largest absolute Gasteiger partial charge is 0.302 e. The van der Waals surface area contributed by atoms with Crippen LogP contribution in [-0.4, -0.2) is 4.98 Å². The van der Waals surface area contributed by atoms with Crippen molar-refractivity contribution in [2.24, 2.45) is 0 Å². The minimum absolute atomic E-state index is 0.282. The van der Waals surface area contributed by atoms with E-state index in [0.29, 0.717) is 0 Å². The molecule has 1 aliphatic rings. The van der Waals surface area contributed by atoms with E-state index in [0.717, 1.165) is 12.1 Å². The van der Waals surface area contributed by atoms with E-state index in [1.165, 1.54) is 22.1 Å². The molecule has 0 amide bonds. The van der Waals surface area contributed by atoms with Gasteiger partial charge in [-0.2, -0.15) is 0 Å². The normalized spacial score (nSPS) is 17.6. The Labute approximate surface area is 112 Å². The first-order chi connectivity index (χ1) is 9.43. The number of nitrogens with zero attached hydrogens (tertiary/aromatic N) is 1. The summed E-state index contributed by atoms with van der Waals surface area (Å²) in [6, 6.07) is 19.4. The summed E-state index contributed by atoms with van der Waals surface area (Å²) in [6.07, 6.45) is 1.85. The molecule has 92 valence electrons. The molecule has 1 aromatic heterocycles. The Balaban J connectivity index is 1.93. The number of aromatic nitrogens is 1. The van der Waals surface area contributed by atoms with Gasteiger partial charge in [0.05, 0.1) is 11.6 Å². The molecule has 0 saturated carbocycles. The molecule has 1 N–H and O–H groups in total. The lowest BCUT2D eigenvalue weighted by Crippen LogP contribution is -2.13. The predicted octanol–water partition coefficient (Wildman–Crippen LogP) is 3.43. The summed E-state index contributed by atoms with van der Waals surface area (Å²) in [5.41, 5.74) is 5.16. The van der Waals surface area contributed by atoms with Gasteiger partial charge in [0.25, 0.3) is 0 Å². The van der Waals surface area contributed by atoms with Crippen molar-refractivity contribution in [3.05, 3.63) is 77.5 Å². The molecule has 0 aliphatic carbocycles. The second kappa shape index (κ2) is 4.18. The molecule has 4 rings (SSSR count). The monoisotopic (exact) mass is 246 g/mol. The molecule has 0 bridgehead atoms. The third kappa shape index (κ3) is 1.65. The quantitative estimate of drug-likeness (QED) is 0.711. The third-order valence-corrected chi connectivity index (χ3v) is 3.85. The Morgan fingerprint density at radius 1 is 0.895 bits per heavy atom. The molecular weight excluding hydrogens is 232 g/mol. The highest BCUT2D eigenvalue weighted by atomic mass is 14.9. The maximum Gasteiger partial charge on any atom is 0.0705 e. The zero-order valence-electron chi connectivity index (χ0n) is 10.5. The molecule has 19 heavy (non-hydrogen) atoms. The van der Waals surface area contributed by atoms with Gasteiger partial charge in [0.1, 0.15) is 0 Å². The summed E-state index contributed by atoms with van der Waals surface area (Å²) in [6.45, 7) is 0.942. The summed E-state index contributed by atoms with van der Waals surface area (Å²) in [5.74, 6) is 0. The van der Waals surface area contributed by atoms with Crippen LogP contribution in [0.5, 0.6) is 0 Å². The van der Waals surface area contributed by atoms with Crippen molar-refractivity contribution < 1.29 is 0 Å². The second-order valence-corrected chi connectivity index (χ2v) is 4.93. The van der Waals surface area contributed by atoms with Crippen LogP contribution in [-0.2, 0) is 6.54 Å². The molecule has 2 heterocycles. The SMILES string of the molecule is c1ccc2c(c1)CNC2c1cccc2ncccc12. The van der Waals surface area contributed by atoms with E-state index in [4.69, 9.17) is 0 Å². The van der Waals surface area contributed by atoms with Crippen LogP contribution < -0.4 is 5.32 Å². The minimum atomic E-state index is 0.282. The first kappa shape index (κ1) is 10.7. The van der Waals surface area contributed by atoms with Gasteiger partial charge in [-0.3, -0.25) is 4.98 Å². The lowest BCUT2D eigenvalue weighted by molar-refractivity contribution is 0.671. The van der Waals surface area contributed by atoms with Crippen LogP contribution in [0.2, 0.25) is 0 Å². The van der Waals surface area contributed by atoms with Crippen molar-refractivity contribution in [3.63, 3.8) is 0 Å². The van der Waals surface area contributed by atoms with Crippen LogP contribution in [0.4, 0.5) is 0 Å². The number of fused-ring (bicyclic) bond motifs is 2. The lowest BCUT2D eigenvalue weighted by Gasteiger charge is -2.15. The van der Waals surface area contributed by atoms with Crippen LogP contribution in [0.3, 0.4) is 0 Å². The number of nitrogens with one attached hydrogen (secondary N) is 1. The topological polar surface area (TPSA) is 24.9 Å². The maximum absolute atomic E-state index is 4.44. The van der Waals surface area contributed by atoms with Crippen molar-refractivity contribution >= 4 is 10.9 Å². The third-order valence-electron chi connectivity index (χ3n) is 3.85. The fourth-order valence-electron chi connectivity index (χ4n) is 2.96. The van der Waals surface area contributed by atoms with E-state index in [1.807, 2.05) is 12.3 Å². The van der Waals surface area contributed by atoms with Crippen molar-refractivity contribution in [1.82, 2.24) is 10.3 Å². The van der Waals surface area contributed by atoms with Gasteiger partial charge in [0, 0.05) is 18.1 Å². The van der Waals surface area contributed by atoms with E-state index in [-0.39, 0.29) is 6.04 Å². The van der Waals surface area contributed by atoms with Crippen LogP contribution in [0.15, 0.2) is 60.8 Å². The van der Waals surface area contributed by atoms with Crippen molar-refractivity contribution in [1.29, 1.82) is 0 Å². The van der Waals surface area contributed by atoms with Crippen LogP contribution in [0.25, 0.3) is 10.9 Å². The van der Waals surface area contributed by atoms with Gasteiger partial charge in [0.15, 0.2) is 0 Å². The smallest absolute Gasteiger partial charge is 0.0705 e. The van der Waals surface area contributed by atoms with Crippen molar-refractivity contribution in [2.75, 3.05) is 0 Å². The Morgan fingerprint density at radius 3 is 2.79 bits per heavy atom. The predicted molar refractivity (Wildman–Crippen MR) is 76.9 cm³/mol. The fourth-order valence-corrected chi connectivity index (χ4v) is 2.96. The Kier molecular flexibility index (Phi) is 2.35. The van der Waals surface area contributed by atoms with Gasteiger partial charge >= 0.3 is 0 Å². The Bertz CT molecular complexity index is 744.